The highest BCUT2D eigenvalue weighted by Gasteiger charge is 2.47. The van der Waals surface area contributed by atoms with Crippen molar-refractivity contribution >= 4 is 63.1 Å². The van der Waals surface area contributed by atoms with Crippen LogP contribution in [-0.2, 0) is 40.1 Å². The van der Waals surface area contributed by atoms with E-state index >= 15 is 0 Å². The first-order valence-corrected chi connectivity index (χ1v) is 12.9. The maximum Gasteiger partial charge on any atom is 0.352 e. The molecule has 0 aliphatic carbocycles. The number of likely N-dealkylation sites (N-methyl/N-ethyl adjacent to an activating group) is 1. The zero-order valence-electron chi connectivity index (χ0n) is 14.9. The lowest BCUT2D eigenvalue weighted by Gasteiger charge is -2.22. The summed E-state index contributed by atoms with van der Waals surface area (Å²) in [6.07, 6.45) is 0. The Hall–Kier alpha value is -0.640. The molecule has 0 aromatic carbocycles. The summed E-state index contributed by atoms with van der Waals surface area (Å²) in [5.74, 6) is -2.06. The average molecular weight is 538 g/mol. The molecule has 0 aromatic heterocycles. The van der Waals surface area contributed by atoms with Crippen LogP contribution in [0.4, 0.5) is 0 Å². The van der Waals surface area contributed by atoms with Crippen LogP contribution in [-0.4, -0.2) is 55.7 Å². The van der Waals surface area contributed by atoms with Crippen LogP contribution < -0.4 is 4.72 Å². The number of halogens is 1. The van der Waals surface area contributed by atoms with Crippen molar-refractivity contribution in [2.75, 3.05) is 21.3 Å². The number of carbonyl (C=O) groups is 2. The Labute approximate surface area is 171 Å². The van der Waals surface area contributed by atoms with Gasteiger partial charge in [0, 0.05) is 33.8 Å². The first kappa shape index (κ1) is 23.4. The lowest BCUT2D eigenvalue weighted by molar-refractivity contribution is -0.136. The fourth-order valence-corrected chi connectivity index (χ4v) is 7.37. The van der Waals surface area contributed by atoms with Gasteiger partial charge in [-0.3, -0.25) is 4.31 Å². The molecular weight excluding hydrogens is 519 g/mol. The Morgan fingerprint density at radius 1 is 1.23 bits per heavy atom. The molecule has 1 heterocycles. The van der Waals surface area contributed by atoms with Gasteiger partial charge in [0.1, 0.15) is 11.0 Å². The number of ether oxygens (including phenoxy) is 2. The molecule has 1 aliphatic rings. The molecule has 148 valence electrons. The third-order valence-electron chi connectivity index (χ3n) is 2.97. The molecule has 26 heavy (non-hydrogen) atoms. The van der Waals surface area contributed by atoms with Gasteiger partial charge in [0.25, 0.3) is 10.0 Å². The van der Waals surface area contributed by atoms with Crippen molar-refractivity contribution in [3.63, 3.8) is 0 Å². The van der Waals surface area contributed by atoms with Crippen LogP contribution in [0.15, 0.2) is 20.4 Å². The minimum Gasteiger partial charge on any atom is -0.465 e. The molecule has 1 N–H and O–H groups in total. The molecule has 1 aliphatic heterocycles. The summed E-state index contributed by atoms with van der Waals surface area (Å²) >= 11 is 1.77. The zero-order valence-corrected chi connectivity index (χ0v) is 19.5. The summed E-state index contributed by atoms with van der Waals surface area (Å²) in [5.41, 5.74) is -0.834. The van der Waals surface area contributed by atoms with Crippen molar-refractivity contribution in [3.8, 4) is 0 Å². The van der Waals surface area contributed by atoms with Gasteiger partial charge >= 0.3 is 11.9 Å². The lowest BCUT2D eigenvalue weighted by Crippen LogP contribution is -2.40. The molecule has 1 unspecified atom stereocenters. The Morgan fingerprint density at radius 2 is 1.77 bits per heavy atom. The molecule has 0 amide bonds. The number of nitrogens with one attached hydrogen (secondary N) is 1. The minimum atomic E-state index is -4.27. The largest absolute Gasteiger partial charge is 0.465 e. The highest BCUT2D eigenvalue weighted by atomic mass is 127. The van der Waals surface area contributed by atoms with E-state index in [1.807, 2.05) is 0 Å². The van der Waals surface area contributed by atoms with Crippen molar-refractivity contribution in [1.29, 1.82) is 0 Å². The number of esters is 2. The van der Waals surface area contributed by atoms with Gasteiger partial charge in [0.2, 0.25) is 0 Å². The van der Waals surface area contributed by atoms with Gasteiger partial charge < -0.3 is 9.47 Å². The summed E-state index contributed by atoms with van der Waals surface area (Å²) in [4.78, 5) is 23.2. The first-order valence-electron chi connectivity index (χ1n) is 6.96. The number of methoxy groups -OCH3 is 2. The molecule has 9 nitrogen and oxygen atoms in total. The normalized spacial score (nSPS) is 20.0. The van der Waals surface area contributed by atoms with Gasteiger partial charge in [-0.2, -0.15) is 0 Å². The van der Waals surface area contributed by atoms with Crippen LogP contribution >= 0.6 is 30.1 Å². The van der Waals surface area contributed by atoms with Gasteiger partial charge in [-0.15, -0.1) is 0 Å². The van der Waals surface area contributed by atoms with Gasteiger partial charge in [0.15, 0.2) is 9.81 Å². The van der Waals surface area contributed by atoms with Gasteiger partial charge in [0.05, 0.1) is 24.8 Å². The van der Waals surface area contributed by atoms with E-state index in [4.69, 9.17) is 0 Å². The summed E-state index contributed by atoms with van der Waals surface area (Å²) in [7, 11) is -2.20. The van der Waals surface area contributed by atoms with Crippen LogP contribution in [0, 0.1) is 0 Å². The smallest absolute Gasteiger partial charge is 0.352 e. The number of hydrogen-bond donors (Lipinski definition) is 1. The number of hydrogen-bond acceptors (Lipinski definition) is 8. The number of carbonyl (C=O) groups excluding carboxylic acids is 2. The Balaban J connectivity index is 3.86. The van der Waals surface area contributed by atoms with E-state index in [1.54, 1.807) is 42.0 Å². The highest BCUT2D eigenvalue weighted by Crippen LogP contribution is 2.45. The Kier molecular flexibility index (Phi) is 7.72. The van der Waals surface area contributed by atoms with Gasteiger partial charge in [-0.25, -0.2) is 26.9 Å². The SMILES string of the molecule is COC(=O)C1=C(SI)/C(=C(/C(=O)OC)S(=O)NC(C)(C)C)N(C)S1(=O)=O. The molecule has 0 aromatic rings. The van der Waals surface area contributed by atoms with E-state index in [-0.39, 0.29) is 10.6 Å². The molecule has 0 fully saturated rings. The van der Waals surface area contributed by atoms with Crippen molar-refractivity contribution in [1.82, 2.24) is 9.03 Å². The van der Waals surface area contributed by atoms with Crippen molar-refractivity contribution in [2.45, 2.75) is 26.3 Å². The summed E-state index contributed by atoms with van der Waals surface area (Å²) in [6.45, 7) is 5.18. The molecule has 0 spiro atoms. The maximum atomic E-state index is 12.8. The summed E-state index contributed by atoms with van der Waals surface area (Å²) in [5, 5.41) is 0. The van der Waals surface area contributed by atoms with Crippen LogP contribution in [0.5, 0.6) is 0 Å². The van der Waals surface area contributed by atoms with Crippen LogP contribution in [0.2, 0.25) is 0 Å². The van der Waals surface area contributed by atoms with Gasteiger partial charge in [-0.05, 0) is 29.7 Å². The second kappa shape index (κ2) is 8.58. The number of sulfonamides is 1. The topological polar surface area (TPSA) is 119 Å². The molecule has 0 bridgehead atoms. The Morgan fingerprint density at radius 3 is 2.15 bits per heavy atom. The Bertz CT molecular complexity index is 812. The molecule has 0 radical (unpaired) electrons. The first-order chi connectivity index (χ1) is 11.8. The van der Waals surface area contributed by atoms with Gasteiger partial charge in [-0.1, -0.05) is 0 Å². The van der Waals surface area contributed by atoms with E-state index in [0.717, 1.165) is 34.5 Å². The third kappa shape index (κ3) is 4.61. The molecule has 0 saturated heterocycles. The monoisotopic (exact) mass is 538 g/mol. The molecule has 1 atom stereocenters. The number of rotatable bonds is 5. The summed E-state index contributed by atoms with van der Waals surface area (Å²) < 4.78 is 50.7. The fraction of sp³-hybridized carbons (Fsp3) is 0.538. The second-order valence-corrected chi connectivity index (χ2v) is 10.9. The van der Waals surface area contributed by atoms with E-state index in [2.05, 4.69) is 14.2 Å². The second-order valence-electron chi connectivity index (χ2n) is 5.99. The lowest BCUT2D eigenvalue weighted by atomic mass is 10.1. The fourth-order valence-electron chi connectivity index (χ4n) is 1.92. The molecule has 0 saturated carbocycles. The predicted molar refractivity (Wildman–Crippen MR) is 107 cm³/mol. The van der Waals surface area contributed by atoms with E-state index in [0.29, 0.717) is 0 Å². The minimum absolute atomic E-state index is 0.0515. The zero-order chi connectivity index (χ0) is 20.4. The van der Waals surface area contributed by atoms with Crippen LogP contribution in [0.25, 0.3) is 0 Å². The van der Waals surface area contributed by atoms with E-state index < -0.39 is 48.3 Å². The van der Waals surface area contributed by atoms with Crippen LogP contribution in [0.3, 0.4) is 0 Å². The predicted octanol–water partition coefficient (Wildman–Crippen LogP) is 1.17. The van der Waals surface area contributed by atoms with E-state index in [9.17, 15) is 22.2 Å². The summed E-state index contributed by atoms with van der Waals surface area (Å²) in [6, 6.07) is 0. The van der Waals surface area contributed by atoms with Crippen molar-refractivity contribution < 1.29 is 31.7 Å². The maximum absolute atomic E-state index is 12.8. The van der Waals surface area contributed by atoms with Crippen LogP contribution in [0.1, 0.15) is 20.8 Å². The molecular formula is C13H19IN2O7S3. The third-order valence-corrected chi connectivity index (χ3v) is 8.29. The number of nitrogens with zero attached hydrogens (tertiary/aromatic N) is 1. The molecule has 13 heteroatoms. The molecule has 1 rings (SSSR count). The highest BCUT2D eigenvalue weighted by molar-refractivity contribution is 14.2. The quantitative estimate of drug-likeness (QED) is 0.315. The van der Waals surface area contributed by atoms with Crippen molar-refractivity contribution in [2.24, 2.45) is 0 Å². The van der Waals surface area contributed by atoms with E-state index in [1.165, 1.54) is 0 Å². The average Bonchev–Trinajstić information content (AvgIpc) is 2.72. The standard InChI is InChI=1S/C13H19IN2O7S3/c1-13(2,3)15-25(19)9(11(17)22-5)7-8(24-14)10(12(18)23-6)26(20,21)16(7)4/h15H,1-6H3/b9-7+. The van der Waals surface area contributed by atoms with Crippen molar-refractivity contribution in [3.05, 3.63) is 20.4 Å².